The van der Waals surface area contributed by atoms with Crippen molar-refractivity contribution in [3.05, 3.63) is 34.4 Å². The van der Waals surface area contributed by atoms with Gasteiger partial charge in [-0.15, -0.1) is 0 Å². The van der Waals surface area contributed by atoms with Crippen molar-refractivity contribution in [1.82, 2.24) is 4.90 Å². The molecule has 2 fully saturated rings. The summed E-state index contributed by atoms with van der Waals surface area (Å²) < 4.78 is 11.2. The molecule has 2 aliphatic heterocycles. The lowest BCUT2D eigenvalue weighted by Crippen LogP contribution is -2.47. The van der Waals surface area contributed by atoms with E-state index in [1.54, 1.807) is 12.1 Å². The van der Waals surface area contributed by atoms with E-state index in [0.29, 0.717) is 24.6 Å². The fraction of sp³-hybridized carbons (Fsp3) is 0.538. The number of nitro benzene ring substituents is 1. The number of hydrogen-bond acceptors (Lipinski definition) is 5. The van der Waals surface area contributed by atoms with Crippen molar-refractivity contribution in [1.29, 1.82) is 0 Å². The predicted octanol–water partition coefficient (Wildman–Crippen LogP) is 1.79. The molecule has 0 amide bonds. The van der Waals surface area contributed by atoms with Crippen LogP contribution in [-0.2, 0) is 4.74 Å². The van der Waals surface area contributed by atoms with Crippen molar-refractivity contribution in [2.24, 2.45) is 0 Å². The van der Waals surface area contributed by atoms with Crippen LogP contribution in [0.4, 0.5) is 5.69 Å². The molecule has 0 aliphatic carbocycles. The molecule has 2 bridgehead atoms. The Morgan fingerprint density at radius 1 is 1.26 bits per heavy atom. The average Bonchev–Trinajstić information content (AvgIpc) is 2.65. The molecule has 0 spiro atoms. The highest BCUT2D eigenvalue weighted by Crippen LogP contribution is 2.28. The van der Waals surface area contributed by atoms with E-state index in [1.807, 2.05) is 0 Å². The van der Waals surface area contributed by atoms with Crippen LogP contribution in [0.5, 0.6) is 5.75 Å². The topological polar surface area (TPSA) is 64.8 Å². The maximum atomic E-state index is 10.6. The highest BCUT2D eigenvalue weighted by atomic mass is 16.6. The second-order valence-electron chi connectivity index (χ2n) is 4.96. The molecule has 0 aromatic heterocycles. The molecule has 1 aromatic carbocycles. The first kappa shape index (κ1) is 12.4. The Morgan fingerprint density at radius 3 is 2.47 bits per heavy atom. The van der Waals surface area contributed by atoms with Crippen LogP contribution in [0.15, 0.2) is 24.3 Å². The number of hydrogen-bond donors (Lipinski definition) is 0. The van der Waals surface area contributed by atoms with Crippen LogP contribution < -0.4 is 4.74 Å². The molecule has 3 rings (SSSR count). The lowest BCUT2D eigenvalue weighted by atomic mass is 10.2. The zero-order valence-corrected chi connectivity index (χ0v) is 10.5. The smallest absolute Gasteiger partial charge is 0.269 e. The lowest BCUT2D eigenvalue weighted by molar-refractivity contribution is -0.384. The molecule has 6 nitrogen and oxygen atoms in total. The Balaban J connectivity index is 1.59. The third-order valence-electron chi connectivity index (χ3n) is 3.82. The summed E-state index contributed by atoms with van der Waals surface area (Å²) in [5, 5.41) is 10.6. The summed E-state index contributed by atoms with van der Waals surface area (Å²) in [6.45, 7) is 2.08. The van der Waals surface area contributed by atoms with Gasteiger partial charge in [0, 0.05) is 24.2 Å². The maximum absolute atomic E-state index is 10.6. The molecule has 1 aromatic rings. The Hall–Kier alpha value is -1.66. The van der Waals surface area contributed by atoms with E-state index in [-0.39, 0.29) is 5.69 Å². The number of fused-ring (bicyclic) bond motifs is 2. The summed E-state index contributed by atoms with van der Waals surface area (Å²) >= 11 is 0. The van der Waals surface area contributed by atoms with Gasteiger partial charge in [0.15, 0.2) is 0 Å². The van der Waals surface area contributed by atoms with E-state index in [0.717, 1.165) is 26.1 Å². The van der Waals surface area contributed by atoms with Crippen LogP contribution in [-0.4, -0.2) is 41.9 Å². The first-order valence-electron chi connectivity index (χ1n) is 6.45. The highest BCUT2D eigenvalue weighted by molar-refractivity contribution is 5.35. The molecule has 0 N–H and O–H groups in total. The van der Waals surface area contributed by atoms with E-state index < -0.39 is 4.92 Å². The highest BCUT2D eigenvalue weighted by Gasteiger charge is 2.37. The Labute approximate surface area is 111 Å². The molecular weight excluding hydrogens is 248 g/mol. The molecule has 0 radical (unpaired) electrons. The Bertz CT molecular complexity index is 446. The summed E-state index contributed by atoms with van der Waals surface area (Å²) in [7, 11) is 0. The molecule has 2 heterocycles. The van der Waals surface area contributed by atoms with Crippen LogP contribution in [0.25, 0.3) is 0 Å². The second-order valence-corrected chi connectivity index (χ2v) is 4.96. The molecule has 19 heavy (non-hydrogen) atoms. The summed E-state index contributed by atoms with van der Waals surface area (Å²) in [6.07, 6.45) is 2.32. The van der Waals surface area contributed by atoms with Crippen molar-refractivity contribution < 1.29 is 14.4 Å². The van der Waals surface area contributed by atoms with Gasteiger partial charge in [-0.1, -0.05) is 0 Å². The van der Waals surface area contributed by atoms with Crippen LogP contribution >= 0.6 is 0 Å². The zero-order chi connectivity index (χ0) is 13.2. The summed E-state index contributed by atoms with van der Waals surface area (Å²) in [5.74, 6) is 0.663. The largest absolute Gasteiger partial charge is 0.478 e. The number of nitrogens with zero attached hydrogens (tertiary/aromatic N) is 2. The van der Waals surface area contributed by atoms with E-state index in [1.165, 1.54) is 12.1 Å². The average molecular weight is 264 g/mol. The number of benzene rings is 1. The third-order valence-corrected chi connectivity index (χ3v) is 3.82. The molecule has 2 unspecified atom stereocenters. The van der Waals surface area contributed by atoms with Crippen LogP contribution in [0.2, 0.25) is 0 Å². The van der Waals surface area contributed by atoms with Crippen molar-refractivity contribution in [3.63, 3.8) is 0 Å². The Kier molecular flexibility index (Phi) is 3.35. The van der Waals surface area contributed by atoms with Gasteiger partial charge in [-0.3, -0.25) is 15.0 Å². The van der Waals surface area contributed by atoms with Gasteiger partial charge in [-0.25, -0.2) is 0 Å². The van der Waals surface area contributed by atoms with Gasteiger partial charge in [0.25, 0.3) is 5.69 Å². The number of ether oxygens (including phenoxy) is 2. The fourth-order valence-corrected chi connectivity index (χ4v) is 2.74. The fourth-order valence-electron chi connectivity index (χ4n) is 2.74. The maximum Gasteiger partial charge on any atom is 0.269 e. The third kappa shape index (κ3) is 2.54. The molecular formula is C13H16N2O4. The van der Waals surface area contributed by atoms with Gasteiger partial charge < -0.3 is 9.47 Å². The normalized spacial score (nSPS) is 26.3. The number of non-ortho nitro benzene ring substituents is 1. The van der Waals surface area contributed by atoms with Crippen molar-refractivity contribution in [3.8, 4) is 5.75 Å². The van der Waals surface area contributed by atoms with E-state index in [9.17, 15) is 10.1 Å². The molecule has 2 atom stereocenters. The van der Waals surface area contributed by atoms with E-state index in [4.69, 9.17) is 9.47 Å². The predicted molar refractivity (Wildman–Crippen MR) is 68.1 cm³/mol. The minimum absolute atomic E-state index is 0.0822. The van der Waals surface area contributed by atoms with E-state index >= 15 is 0 Å². The van der Waals surface area contributed by atoms with Gasteiger partial charge in [0.05, 0.1) is 18.1 Å². The summed E-state index contributed by atoms with van der Waals surface area (Å²) in [4.78, 5) is 12.5. The van der Waals surface area contributed by atoms with Crippen molar-refractivity contribution in [2.45, 2.75) is 24.9 Å². The molecule has 2 aliphatic rings. The Morgan fingerprint density at radius 2 is 1.89 bits per heavy atom. The van der Waals surface area contributed by atoms with Crippen LogP contribution in [0, 0.1) is 10.1 Å². The minimum atomic E-state index is -0.411. The van der Waals surface area contributed by atoms with E-state index in [2.05, 4.69) is 4.90 Å². The zero-order valence-electron chi connectivity index (χ0n) is 10.5. The van der Waals surface area contributed by atoms with Crippen molar-refractivity contribution >= 4 is 5.69 Å². The van der Waals surface area contributed by atoms with Gasteiger partial charge >= 0.3 is 0 Å². The SMILES string of the molecule is O=[N+]([O-])c1ccc(OCN2C3CCC2COC3)cc1. The molecule has 2 saturated heterocycles. The first-order chi connectivity index (χ1) is 9.24. The lowest BCUT2D eigenvalue weighted by Gasteiger charge is -2.33. The summed E-state index contributed by atoms with van der Waals surface area (Å²) in [6, 6.07) is 7.11. The number of nitro groups is 1. The van der Waals surface area contributed by atoms with Gasteiger partial charge in [0.1, 0.15) is 12.5 Å². The molecule has 102 valence electrons. The van der Waals surface area contributed by atoms with Crippen LogP contribution in [0.1, 0.15) is 12.8 Å². The minimum Gasteiger partial charge on any atom is -0.478 e. The first-order valence-corrected chi connectivity index (χ1v) is 6.45. The van der Waals surface area contributed by atoms with Crippen LogP contribution in [0.3, 0.4) is 0 Å². The summed E-state index contributed by atoms with van der Waals surface area (Å²) in [5.41, 5.74) is 0.0822. The van der Waals surface area contributed by atoms with Crippen molar-refractivity contribution in [2.75, 3.05) is 19.9 Å². The second kappa shape index (κ2) is 5.14. The standard InChI is InChI=1S/C13H16N2O4/c16-15(17)10-3-5-13(6-4-10)19-9-14-11-1-2-12(14)8-18-7-11/h3-6,11-12H,1-2,7-9H2. The molecule has 0 saturated carbocycles. The quantitative estimate of drug-likeness (QED) is 0.612. The van der Waals surface area contributed by atoms with Gasteiger partial charge in [-0.05, 0) is 25.0 Å². The van der Waals surface area contributed by atoms with Gasteiger partial charge in [0.2, 0.25) is 0 Å². The van der Waals surface area contributed by atoms with Gasteiger partial charge in [-0.2, -0.15) is 0 Å². The molecule has 6 heteroatoms. The number of morpholine rings is 1. The number of rotatable bonds is 4. The monoisotopic (exact) mass is 264 g/mol.